The molecule has 26 heavy (non-hydrogen) atoms. The van der Waals surface area contributed by atoms with Gasteiger partial charge in [0.15, 0.2) is 5.65 Å². The van der Waals surface area contributed by atoms with Gasteiger partial charge in [-0.05, 0) is 26.1 Å². The van der Waals surface area contributed by atoms with E-state index in [2.05, 4.69) is 65.3 Å². The second kappa shape index (κ2) is 8.10. The number of aromatic nitrogens is 3. The van der Waals surface area contributed by atoms with Crippen LogP contribution < -0.4 is 5.32 Å². The molecule has 1 aromatic carbocycles. The highest BCUT2D eigenvalue weighted by Crippen LogP contribution is 2.21. The molecule has 1 N–H and O–H groups in total. The fraction of sp³-hybridized carbons (Fsp3) is 0.350. The van der Waals surface area contributed by atoms with Crippen molar-refractivity contribution in [1.29, 1.82) is 0 Å². The Bertz CT molecular complexity index is 881. The van der Waals surface area contributed by atoms with Crippen LogP contribution in [0.25, 0.3) is 16.9 Å². The lowest BCUT2D eigenvalue weighted by Crippen LogP contribution is -2.34. The van der Waals surface area contributed by atoms with E-state index in [1.54, 1.807) is 16.9 Å². The van der Waals surface area contributed by atoms with Crippen LogP contribution in [-0.4, -0.2) is 51.6 Å². The lowest BCUT2D eigenvalue weighted by atomic mass is 10.1. The molecular weight excluding hydrogens is 326 g/mol. The van der Waals surface area contributed by atoms with Gasteiger partial charge in [0.2, 0.25) is 0 Å². The summed E-state index contributed by atoms with van der Waals surface area (Å²) in [6.07, 6.45) is 3.31. The number of carbonyl (C=O) groups excluding carboxylic acids is 1. The fourth-order valence-corrected chi connectivity index (χ4v) is 2.96. The second-order valence-corrected chi connectivity index (χ2v) is 6.27. The summed E-state index contributed by atoms with van der Waals surface area (Å²) < 4.78 is 1.73. The van der Waals surface area contributed by atoms with E-state index in [4.69, 9.17) is 0 Å². The average molecular weight is 351 g/mol. The highest BCUT2D eigenvalue weighted by atomic mass is 16.1. The van der Waals surface area contributed by atoms with Crippen LogP contribution in [0.3, 0.4) is 0 Å². The van der Waals surface area contributed by atoms with Crippen molar-refractivity contribution in [2.75, 3.05) is 26.2 Å². The number of hydrogen-bond donors (Lipinski definition) is 1. The minimum atomic E-state index is -0.138. The number of rotatable bonds is 7. The molecule has 2 heterocycles. The summed E-state index contributed by atoms with van der Waals surface area (Å²) >= 11 is 0. The molecule has 3 rings (SSSR count). The lowest BCUT2D eigenvalue weighted by Gasteiger charge is -2.17. The summed E-state index contributed by atoms with van der Waals surface area (Å²) in [7, 11) is 0. The van der Waals surface area contributed by atoms with Crippen molar-refractivity contribution in [3.63, 3.8) is 0 Å². The van der Waals surface area contributed by atoms with E-state index < -0.39 is 0 Å². The molecule has 1 amide bonds. The van der Waals surface area contributed by atoms with Gasteiger partial charge in [0.05, 0.1) is 11.9 Å². The van der Waals surface area contributed by atoms with Crippen molar-refractivity contribution < 1.29 is 4.79 Å². The molecule has 136 valence electrons. The number of carbonyl (C=O) groups is 1. The molecule has 0 saturated heterocycles. The Kier molecular flexibility index (Phi) is 5.63. The third-order valence-electron chi connectivity index (χ3n) is 4.60. The Morgan fingerprint density at radius 2 is 1.88 bits per heavy atom. The number of fused-ring (bicyclic) bond motifs is 1. The van der Waals surface area contributed by atoms with Gasteiger partial charge in [-0.3, -0.25) is 4.79 Å². The first-order chi connectivity index (χ1) is 12.6. The predicted octanol–water partition coefficient (Wildman–Crippen LogP) is 2.78. The molecule has 0 radical (unpaired) electrons. The fourth-order valence-electron chi connectivity index (χ4n) is 2.96. The van der Waals surface area contributed by atoms with E-state index in [0.29, 0.717) is 17.8 Å². The van der Waals surface area contributed by atoms with Gasteiger partial charge in [0, 0.05) is 24.8 Å². The molecule has 0 saturated carbocycles. The standard InChI is InChI=1S/C20H25N5O/c1-4-24(5-2)13-12-22-20(26)17-14-23-25-18(10-11-21-19(17)25)16-8-6-15(3)7-9-16/h6-11,14H,4-5,12-13H2,1-3H3,(H,22,26). The SMILES string of the molecule is CCN(CC)CCNC(=O)c1cnn2c(-c3ccc(C)cc3)ccnc12. The van der Waals surface area contributed by atoms with Crippen LogP contribution in [0.4, 0.5) is 0 Å². The van der Waals surface area contributed by atoms with Crippen LogP contribution in [-0.2, 0) is 0 Å². The maximum absolute atomic E-state index is 12.5. The molecule has 3 aromatic rings. The molecule has 0 aliphatic heterocycles. The van der Waals surface area contributed by atoms with Gasteiger partial charge in [0.1, 0.15) is 5.56 Å². The zero-order chi connectivity index (χ0) is 18.5. The number of aryl methyl sites for hydroxylation is 1. The molecule has 6 heteroatoms. The van der Waals surface area contributed by atoms with Gasteiger partial charge in [-0.25, -0.2) is 9.50 Å². The molecule has 0 fully saturated rings. The largest absolute Gasteiger partial charge is 0.351 e. The zero-order valence-corrected chi connectivity index (χ0v) is 15.6. The minimum absolute atomic E-state index is 0.138. The van der Waals surface area contributed by atoms with E-state index in [9.17, 15) is 4.79 Å². The first-order valence-electron chi connectivity index (χ1n) is 9.04. The maximum Gasteiger partial charge on any atom is 0.256 e. The zero-order valence-electron chi connectivity index (χ0n) is 15.6. The molecular formula is C20H25N5O. The number of hydrogen-bond acceptors (Lipinski definition) is 4. The third-order valence-corrected chi connectivity index (χ3v) is 4.60. The number of nitrogens with zero attached hydrogens (tertiary/aromatic N) is 4. The summed E-state index contributed by atoms with van der Waals surface area (Å²) in [5, 5.41) is 7.37. The summed E-state index contributed by atoms with van der Waals surface area (Å²) in [4.78, 5) is 19.2. The van der Waals surface area contributed by atoms with E-state index in [0.717, 1.165) is 30.9 Å². The van der Waals surface area contributed by atoms with E-state index in [-0.39, 0.29) is 5.91 Å². The second-order valence-electron chi connectivity index (χ2n) is 6.27. The highest BCUT2D eigenvalue weighted by molar-refractivity contribution is 5.99. The Balaban J connectivity index is 1.81. The van der Waals surface area contributed by atoms with Crippen molar-refractivity contribution in [1.82, 2.24) is 24.8 Å². The van der Waals surface area contributed by atoms with Crippen LogP contribution in [0.2, 0.25) is 0 Å². The molecule has 0 spiro atoms. The van der Waals surface area contributed by atoms with Gasteiger partial charge >= 0.3 is 0 Å². The Labute approximate surface area is 153 Å². The Morgan fingerprint density at radius 1 is 1.15 bits per heavy atom. The van der Waals surface area contributed by atoms with Crippen molar-refractivity contribution in [2.45, 2.75) is 20.8 Å². The van der Waals surface area contributed by atoms with Crippen LogP contribution in [0, 0.1) is 6.92 Å². The van der Waals surface area contributed by atoms with Crippen molar-refractivity contribution >= 4 is 11.6 Å². The third kappa shape index (κ3) is 3.75. The number of amides is 1. The predicted molar refractivity (Wildman–Crippen MR) is 103 cm³/mol. The molecule has 0 aliphatic carbocycles. The summed E-state index contributed by atoms with van der Waals surface area (Å²) in [6.45, 7) is 9.69. The summed E-state index contributed by atoms with van der Waals surface area (Å²) in [5.41, 5.74) is 4.23. The smallest absolute Gasteiger partial charge is 0.256 e. The monoisotopic (exact) mass is 351 g/mol. The van der Waals surface area contributed by atoms with Gasteiger partial charge < -0.3 is 10.2 Å². The maximum atomic E-state index is 12.5. The van der Waals surface area contributed by atoms with Gasteiger partial charge in [0.25, 0.3) is 5.91 Å². The Hall–Kier alpha value is -2.73. The summed E-state index contributed by atoms with van der Waals surface area (Å²) in [6, 6.07) is 10.1. The van der Waals surface area contributed by atoms with Crippen LogP contribution in [0.5, 0.6) is 0 Å². The van der Waals surface area contributed by atoms with Crippen molar-refractivity contribution in [3.8, 4) is 11.3 Å². The van der Waals surface area contributed by atoms with Gasteiger partial charge in [-0.1, -0.05) is 43.7 Å². The number of likely N-dealkylation sites (N-methyl/N-ethyl adjacent to an activating group) is 1. The van der Waals surface area contributed by atoms with Gasteiger partial charge in [-0.2, -0.15) is 5.10 Å². The van der Waals surface area contributed by atoms with Gasteiger partial charge in [-0.15, -0.1) is 0 Å². The first-order valence-corrected chi connectivity index (χ1v) is 9.04. The van der Waals surface area contributed by atoms with Crippen molar-refractivity contribution in [2.24, 2.45) is 0 Å². The van der Waals surface area contributed by atoms with E-state index in [1.807, 2.05) is 6.07 Å². The van der Waals surface area contributed by atoms with Crippen LogP contribution >= 0.6 is 0 Å². The molecule has 2 aromatic heterocycles. The lowest BCUT2D eigenvalue weighted by molar-refractivity contribution is 0.0950. The normalized spacial score (nSPS) is 11.2. The number of nitrogens with one attached hydrogen (secondary N) is 1. The van der Waals surface area contributed by atoms with Crippen LogP contribution in [0.15, 0.2) is 42.7 Å². The number of benzene rings is 1. The highest BCUT2D eigenvalue weighted by Gasteiger charge is 2.16. The molecule has 6 nitrogen and oxygen atoms in total. The molecule has 0 aliphatic rings. The van der Waals surface area contributed by atoms with E-state index in [1.165, 1.54) is 5.56 Å². The molecule has 0 atom stereocenters. The van der Waals surface area contributed by atoms with Crippen molar-refractivity contribution in [3.05, 3.63) is 53.9 Å². The van der Waals surface area contributed by atoms with Crippen LogP contribution in [0.1, 0.15) is 29.8 Å². The quantitative estimate of drug-likeness (QED) is 0.711. The molecule has 0 bridgehead atoms. The Morgan fingerprint density at radius 3 is 2.58 bits per heavy atom. The van der Waals surface area contributed by atoms with E-state index >= 15 is 0 Å². The summed E-state index contributed by atoms with van der Waals surface area (Å²) in [5.74, 6) is -0.138. The average Bonchev–Trinajstić information content (AvgIpc) is 3.10. The topological polar surface area (TPSA) is 62.5 Å². The molecule has 0 unspecified atom stereocenters. The minimum Gasteiger partial charge on any atom is -0.351 e. The first kappa shape index (κ1) is 18.1.